The van der Waals surface area contributed by atoms with E-state index in [0.717, 1.165) is 43.7 Å². The van der Waals surface area contributed by atoms with Crippen molar-refractivity contribution in [3.05, 3.63) is 75.1 Å². The first-order valence-electron chi connectivity index (χ1n) is 17.3. The zero-order chi connectivity index (χ0) is 34.5. The van der Waals surface area contributed by atoms with Crippen molar-refractivity contribution in [2.24, 2.45) is 11.3 Å². The first kappa shape index (κ1) is 35.5. The van der Waals surface area contributed by atoms with Crippen LogP contribution in [0.4, 0.5) is 0 Å². The Morgan fingerprint density at radius 3 is 2.35 bits per heavy atom. The second kappa shape index (κ2) is 15.1. The summed E-state index contributed by atoms with van der Waals surface area (Å²) in [5.74, 6) is -0.181. The molecule has 3 aromatic rings. The van der Waals surface area contributed by atoms with E-state index in [-0.39, 0.29) is 46.5 Å². The largest absolute Gasteiger partial charge is 0.494 e. The van der Waals surface area contributed by atoms with Crippen LogP contribution in [0.15, 0.2) is 57.7 Å². The molecule has 0 bridgehead atoms. The number of nitrogens with zero attached hydrogens (tertiary/aromatic N) is 1. The van der Waals surface area contributed by atoms with Gasteiger partial charge >= 0.3 is 0 Å². The summed E-state index contributed by atoms with van der Waals surface area (Å²) in [7, 11) is 0. The maximum absolute atomic E-state index is 14.2. The standard InChI is InChI=1S/C38H48ClN3O6/c1-5-21-47-28-15-16-32-29(23-28)31(43)24-33(48-32)34(44)40-30(22-25-11-13-27(39)14-12-25)35(45)42-19-17-38(18-20-42,26-9-7-6-8-10-26)36(46)41-37(2,3)4/h11-16,23-24,26,30H,5-10,17-22H2,1-4H3,(H,40,44)(H,41,46)/t30-/m1/s1. The fraction of sp³-hybridized carbons (Fsp3) is 0.526. The molecule has 1 atom stereocenters. The molecule has 3 amide bonds. The number of rotatable bonds is 10. The number of likely N-dealkylation sites (tertiary alicyclic amines) is 1. The second-order valence-corrected chi connectivity index (χ2v) is 14.8. The van der Waals surface area contributed by atoms with Gasteiger partial charge in [0.15, 0.2) is 11.2 Å². The van der Waals surface area contributed by atoms with Crippen LogP contribution in [0.3, 0.4) is 0 Å². The molecule has 1 saturated heterocycles. The SMILES string of the molecule is CCCOc1ccc2oc(C(=O)N[C@H](Cc3ccc(Cl)cc3)C(=O)N3CCC(C(=O)NC(C)(C)C)(C4CCCCC4)CC3)cc(=O)c2c1. The molecule has 0 spiro atoms. The van der Waals surface area contributed by atoms with E-state index in [1.807, 2.05) is 39.8 Å². The lowest BCUT2D eigenvalue weighted by Crippen LogP contribution is -2.59. The first-order chi connectivity index (χ1) is 22.9. The summed E-state index contributed by atoms with van der Waals surface area (Å²) >= 11 is 6.12. The predicted octanol–water partition coefficient (Wildman–Crippen LogP) is 6.68. The zero-order valence-corrected chi connectivity index (χ0v) is 29.3. The van der Waals surface area contributed by atoms with Gasteiger partial charge in [-0.2, -0.15) is 0 Å². The predicted molar refractivity (Wildman–Crippen MR) is 187 cm³/mol. The average molecular weight is 678 g/mol. The summed E-state index contributed by atoms with van der Waals surface area (Å²) in [4.78, 5) is 56.5. The molecule has 2 heterocycles. The molecule has 0 radical (unpaired) electrons. The summed E-state index contributed by atoms with van der Waals surface area (Å²) in [6.45, 7) is 9.33. The molecule has 1 aliphatic heterocycles. The molecule has 1 saturated carbocycles. The number of ether oxygens (including phenoxy) is 1. The van der Waals surface area contributed by atoms with Gasteiger partial charge in [-0.05, 0) is 94.7 Å². The number of carbonyl (C=O) groups excluding carboxylic acids is 3. The smallest absolute Gasteiger partial charge is 0.287 e. The Hall–Kier alpha value is -3.85. The minimum atomic E-state index is -0.935. The Morgan fingerprint density at radius 2 is 1.71 bits per heavy atom. The van der Waals surface area contributed by atoms with Gasteiger partial charge in [0.1, 0.15) is 17.4 Å². The van der Waals surface area contributed by atoms with Gasteiger partial charge in [-0.15, -0.1) is 0 Å². The van der Waals surface area contributed by atoms with E-state index in [4.69, 9.17) is 20.8 Å². The van der Waals surface area contributed by atoms with Crippen molar-refractivity contribution in [3.63, 3.8) is 0 Å². The van der Waals surface area contributed by atoms with Crippen LogP contribution in [0.1, 0.15) is 95.2 Å². The highest BCUT2D eigenvalue weighted by Gasteiger charge is 2.49. The fourth-order valence-corrected chi connectivity index (χ4v) is 7.26. The Bertz CT molecular complexity index is 1660. The normalized spacial score (nSPS) is 17.5. The number of halogens is 1. The van der Waals surface area contributed by atoms with Gasteiger partial charge in [0.25, 0.3) is 5.91 Å². The Labute approximate surface area is 287 Å². The van der Waals surface area contributed by atoms with E-state index in [2.05, 4.69) is 10.6 Å². The van der Waals surface area contributed by atoms with Crippen LogP contribution in [0.2, 0.25) is 5.02 Å². The van der Waals surface area contributed by atoms with E-state index < -0.39 is 17.4 Å². The number of carbonyl (C=O) groups is 3. The summed E-state index contributed by atoms with van der Waals surface area (Å²) in [5, 5.41) is 6.98. The number of amides is 3. The number of hydrogen-bond acceptors (Lipinski definition) is 6. The Morgan fingerprint density at radius 1 is 1.02 bits per heavy atom. The molecular weight excluding hydrogens is 630 g/mol. The van der Waals surface area contributed by atoms with Crippen molar-refractivity contribution < 1.29 is 23.5 Å². The molecule has 48 heavy (non-hydrogen) atoms. The molecular formula is C38H48ClN3O6. The van der Waals surface area contributed by atoms with Gasteiger partial charge in [0.2, 0.25) is 11.8 Å². The maximum atomic E-state index is 14.2. The second-order valence-electron chi connectivity index (χ2n) is 14.4. The Kier molecular flexibility index (Phi) is 11.2. The van der Waals surface area contributed by atoms with E-state index in [1.54, 1.807) is 35.2 Å². The molecule has 0 unspecified atom stereocenters. The third kappa shape index (κ3) is 8.41. The number of piperidine rings is 1. The zero-order valence-electron chi connectivity index (χ0n) is 28.5. The highest BCUT2D eigenvalue weighted by molar-refractivity contribution is 6.30. The molecule has 2 N–H and O–H groups in total. The fourth-order valence-electron chi connectivity index (χ4n) is 7.13. The summed E-state index contributed by atoms with van der Waals surface area (Å²) in [6, 6.07) is 12.3. The van der Waals surface area contributed by atoms with Crippen molar-refractivity contribution in [2.45, 2.75) is 97.1 Å². The molecule has 1 aliphatic carbocycles. The monoisotopic (exact) mass is 677 g/mol. The van der Waals surface area contributed by atoms with Gasteiger partial charge < -0.3 is 24.7 Å². The molecule has 5 rings (SSSR count). The summed E-state index contributed by atoms with van der Waals surface area (Å²) < 4.78 is 11.5. The highest BCUT2D eigenvalue weighted by Crippen LogP contribution is 2.46. The molecule has 2 aliphatic rings. The van der Waals surface area contributed by atoms with E-state index in [1.165, 1.54) is 6.42 Å². The summed E-state index contributed by atoms with van der Waals surface area (Å²) in [5.41, 5.74) is -0.207. The van der Waals surface area contributed by atoms with Crippen molar-refractivity contribution in [1.29, 1.82) is 0 Å². The lowest BCUT2D eigenvalue weighted by Gasteiger charge is -2.48. The average Bonchev–Trinajstić information content (AvgIpc) is 3.07. The lowest BCUT2D eigenvalue weighted by atomic mass is 9.63. The number of hydrogen-bond donors (Lipinski definition) is 2. The highest BCUT2D eigenvalue weighted by atomic mass is 35.5. The molecule has 9 nitrogen and oxygen atoms in total. The number of nitrogens with one attached hydrogen (secondary N) is 2. The lowest BCUT2D eigenvalue weighted by molar-refractivity contribution is -0.147. The summed E-state index contributed by atoms with van der Waals surface area (Å²) in [6.07, 6.45) is 7.63. The van der Waals surface area contributed by atoms with E-state index in [9.17, 15) is 19.2 Å². The molecule has 2 fully saturated rings. The first-order valence-corrected chi connectivity index (χ1v) is 17.6. The minimum absolute atomic E-state index is 0.0791. The molecule has 10 heteroatoms. The van der Waals surface area contributed by atoms with Gasteiger partial charge in [0.05, 0.1) is 17.4 Å². The molecule has 258 valence electrons. The van der Waals surface area contributed by atoms with Crippen LogP contribution in [0.5, 0.6) is 5.75 Å². The quantitative estimate of drug-likeness (QED) is 0.247. The van der Waals surface area contributed by atoms with Gasteiger partial charge in [-0.3, -0.25) is 19.2 Å². The van der Waals surface area contributed by atoms with E-state index in [0.29, 0.717) is 48.7 Å². The minimum Gasteiger partial charge on any atom is -0.494 e. The van der Waals surface area contributed by atoms with Crippen molar-refractivity contribution in [1.82, 2.24) is 15.5 Å². The molecule has 2 aromatic carbocycles. The maximum Gasteiger partial charge on any atom is 0.287 e. The van der Waals surface area contributed by atoms with Crippen LogP contribution in [0.25, 0.3) is 11.0 Å². The number of fused-ring (bicyclic) bond motifs is 1. The van der Waals surface area contributed by atoms with Crippen molar-refractivity contribution in [2.75, 3.05) is 19.7 Å². The van der Waals surface area contributed by atoms with Crippen LogP contribution < -0.4 is 20.8 Å². The topological polar surface area (TPSA) is 118 Å². The van der Waals surface area contributed by atoms with Gasteiger partial charge in [0, 0.05) is 36.1 Å². The third-order valence-corrected chi connectivity index (χ3v) is 9.90. The van der Waals surface area contributed by atoms with Crippen LogP contribution in [-0.4, -0.2) is 53.9 Å². The number of benzene rings is 2. The Balaban J connectivity index is 1.37. The van der Waals surface area contributed by atoms with E-state index >= 15 is 0 Å². The van der Waals surface area contributed by atoms with Crippen LogP contribution in [-0.2, 0) is 16.0 Å². The van der Waals surface area contributed by atoms with Crippen LogP contribution >= 0.6 is 11.6 Å². The van der Waals surface area contributed by atoms with Crippen molar-refractivity contribution in [3.8, 4) is 5.75 Å². The van der Waals surface area contributed by atoms with Gasteiger partial charge in [-0.25, -0.2) is 0 Å². The van der Waals surface area contributed by atoms with Gasteiger partial charge in [-0.1, -0.05) is 49.9 Å². The van der Waals surface area contributed by atoms with Crippen molar-refractivity contribution >= 4 is 40.3 Å². The molecule has 1 aromatic heterocycles. The van der Waals surface area contributed by atoms with Crippen LogP contribution in [0, 0.1) is 11.3 Å². The third-order valence-electron chi connectivity index (χ3n) is 9.65.